The lowest BCUT2D eigenvalue weighted by atomic mass is 9.47. The summed E-state index contributed by atoms with van der Waals surface area (Å²) in [4.78, 5) is 2.78. The van der Waals surface area contributed by atoms with Gasteiger partial charge in [-0.2, -0.15) is 0 Å². The van der Waals surface area contributed by atoms with Crippen LogP contribution in [0.4, 0.5) is 5.69 Å². The van der Waals surface area contributed by atoms with Gasteiger partial charge in [-0.15, -0.1) is 0 Å². The summed E-state index contributed by atoms with van der Waals surface area (Å²) in [6, 6.07) is 9.63. The summed E-state index contributed by atoms with van der Waals surface area (Å²) in [5, 5.41) is 0. The van der Waals surface area contributed by atoms with Crippen molar-refractivity contribution in [1.82, 2.24) is 0 Å². The van der Waals surface area contributed by atoms with Crippen LogP contribution in [0.1, 0.15) is 58.9 Å². The van der Waals surface area contributed by atoms with Gasteiger partial charge in [-0.05, 0) is 88.7 Å². The first-order valence-corrected chi connectivity index (χ1v) is 10.4. The summed E-state index contributed by atoms with van der Waals surface area (Å²) < 4.78 is 0. The summed E-state index contributed by atoms with van der Waals surface area (Å²) in [5.41, 5.74) is 5.42. The van der Waals surface area contributed by atoms with Gasteiger partial charge >= 0.3 is 0 Å². The molecule has 1 aromatic carbocycles. The number of nitrogens with zero attached hydrogens (tertiary/aromatic N) is 1. The van der Waals surface area contributed by atoms with Crippen LogP contribution in [-0.4, -0.2) is 11.6 Å². The molecular formula is C24H33N. The third-order valence-corrected chi connectivity index (χ3v) is 8.31. The van der Waals surface area contributed by atoms with Crippen LogP contribution in [0, 0.1) is 36.0 Å². The van der Waals surface area contributed by atoms with Gasteiger partial charge in [0.25, 0.3) is 0 Å². The van der Waals surface area contributed by atoms with Gasteiger partial charge in [0.15, 0.2) is 0 Å². The molecule has 1 heteroatoms. The van der Waals surface area contributed by atoms with E-state index in [0.29, 0.717) is 11.5 Å². The van der Waals surface area contributed by atoms with Gasteiger partial charge in [0.05, 0.1) is 0 Å². The lowest BCUT2D eigenvalue weighted by Crippen LogP contribution is -2.55. The largest absolute Gasteiger partial charge is 0.363 e. The summed E-state index contributed by atoms with van der Waals surface area (Å²) in [6.45, 7) is 12.2. The van der Waals surface area contributed by atoms with Crippen molar-refractivity contribution in [3.63, 3.8) is 0 Å². The lowest BCUT2D eigenvalue weighted by molar-refractivity contribution is 0.0566. The van der Waals surface area contributed by atoms with Crippen molar-refractivity contribution in [2.75, 3.05) is 4.90 Å². The molecule has 1 aromatic rings. The zero-order valence-corrected chi connectivity index (χ0v) is 16.5. The number of allylic oxidation sites excluding steroid dienone is 1. The molecule has 1 nitrogen and oxygen atoms in total. The number of hydrogen-bond donors (Lipinski definition) is 0. The quantitative estimate of drug-likeness (QED) is 0.571. The number of rotatable bonds is 1. The molecule has 25 heavy (non-hydrogen) atoms. The predicted molar refractivity (Wildman–Crippen MR) is 106 cm³/mol. The maximum Gasteiger partial charge on any atom is 0.0403 e. The Morgan fingerprint density at radius 3 is 2.56 bits per heavy atom. The topological polar surface area (TPSA) is 3.24 Å². The van der Waals surface area contributed by atoms with Gasteiger partial charge in [0.1, 0.15) is 0 Å². The number of benzene rings is 1. The van der Waals surface area contributed by atoms with Crippen LogP contribution < -0.4 is 4.90 Å². The van der Waals surface area contributed by atoms with Crippen LogP contribution in [0.2, 0.25) is 0 Å². The molecule has 0 N–H and O–H groups in total. The second-order valence-corrected chi connectivity index (χ2v) is 10.2. The molecule has 5 unspecified atom stereocenters. The monoisotopic (exact) mass is 335 g/mol. The van der Waals surface area contributed by atoms with Crippen molar-refractivity contribution in [1.29, 1.82) is 0 Å². The minimum Gasteiger partial charge on any atom is -0.363 e. The van der Waals surface area contributed by atoms with Gasteiger partial charge in [0, 0.05) is 22.7 Å². The Hall–Kier alpha value is -1.24. The van der Waals surface area contributed by atoms with E-state index in [2.05, 4.69) is 69.9 Å². The number of anilines is 1. The first-order chi connectivity index (χ1) is 11.8. The predicted octanol–water partition coefficient (Wildman–Crippen LogP) is 5.98. The highest BCUT2D eigenvalue weighted by Crippen LogP contribution is 2.73. The fourth-order valence-corrected chi connectivity index (χ4v) is 7.75. The molecule has 6 atom stereocenters. The first-order valence-electron chi connectivity index (χ1n) is 10.4. The highest BCUT2D eigenvalue weighted by Gasteiger charge is 2.69. The zero-order chi connectivity index (χ0) is 17.6. The Kier molecular flexibility index (Phi) is 3.15. The highest BCUT2D eigenvalue weighted by atomic mass is 15.3. The maximum atomic E-state index is 2.78. The Labute approximate surface area is 153 Å². The lowest BCUT2D eigenvalue weighted by Gasteiger charge is -2.57. The molecule has 1 spiro atoms. The van der Waals surface area contributed by atoms with E-state index in [4.69, 9.17) is 0 Å². The fourth-order valence-electron chi connectivity index (χ4n) is 7.75. The van der Waals surface area contributed by atoms with Gasteiger partial charge in [-0.1, -0.05) is 36.8 Å². The van der Waals surface area contributed by atoms with E-state index in [9.17, 15) is 0 Å². The van der Waals surface area contributed by atoms with Crippen molar-refractivity contribution in [2.45, 2.75) is 71.9 Å². The Morgan fingerprint density at radius 2 is 1.80 bits per heavy atom. The molecule has 0 radical (unpaired) electrons. The van der Waals surface area contributed by atoms with Gasteiger partial charge in [-0.3, -0.25) is 0 Å². The van der Waals surface area contributed by atoms with E-state index in [1.54, 1.807) is 0 Å². The zero-order valence-electron chi connectivity index (χ0n) is 16.5. The van der Waals surface area contributed by atoms with Gasteiger partial charge < -0.3 is 4.90 Å². The van der Waals surface area contributed by atoms with Crippen LogP contribution in [0.15, 0.2) is 35.9 Å². The molecule has 3 aliphatic carbocycles. The van der Waals surface area contributed by atoms with Crippen molar-refractivity contribution in [3.05, 3.63) is 41.5 Å². The normalized spacial score (nSPS) is 43.8. The summed E-state index contributed by atoms with van der Waals surface area (Å²) in [6.07, 6.45) is 8.47. The van der Waals surface area contributed by atoms with E-state index in [1.807, 2.05) is 5.57 Å². The molecule has 2 saturated carbocycles. The SMILES string of the molecule is Cc1ccccc1N1[C@@H](C)C2(CC1(C)C)C1=CC(C)CC3CC1C2C3. The Balaban J connectivity index is 1.62. The second-order valence-electron chi connectivity index (χ2n) is 10.2. The molecule has 1 aliphatic heterocycles. The van der Waals surface area contributed by atoms with Gasteiger partial charge in [-0.25, -0.2) is 0 Å². The number of hydrogen-bond acceptors (Lipinski definition) is 1. The average Bonchev–Trinajstić information content (AvgIpc) is 2.95. The fraction of sp³-hybridized carbons (Fsp3) is 0.667. The third kappa shape index (κ3) is 1.90. The van der Waals surface area contributed by atoms with Crippen LogP contribution in [0.5, 0.6) is 0 Å². The summed E-state index contributed by atoms with van der Waals surface area (Å²) in [7, 11) is 0. The van der Waals surface area contributed by atoms with E-state index < -0.39 is 0 Å². The minimum atomic E-state index is 0.232. The van der Waals surface area contributed by atoms with E-state index >= 15 is 0 Å². The van der Waals surface area contributed by atoms with Crippen LogP contribution >= 0.6 is 0 Å². The van der Waals surface area contributed by atoms with Crippen molar-refractivity contribution in [3.8, 4) is 0 Å². The van der Waals surface area contributed by atoms with Gasteiger partial charge in [0.2, 0.25) is 0 Å². The average molecular weight is 336 g/mol. The van der Waals surface area contributed by atoms with E-state index in [0.717, 1.165) is 23.7 Å². The van der Waals surface area contributed by atoms with Crippen LogP contribution in [-0.2, 0) is 0 Å². The number of fused-ring (bicyclic) bond motifs is 3. The molecule has 0 amide bonds. The smallest absolute Gasteiger partial charge is 0.0403 e. The standard InChI is InChI=1S/C24H33N/c1-15-10-18-12-19-20(11-15)24(21(19)13-18)14-23(4,5)25(17(24)3)22-9-7-6-8-16(22)2/h6-9,11,15,17-19,21H,10,12-14H2,1-5H3/t15?,17-,18?,19?,21?,24?/m0/s1. The Bertz CT molecular complexity index is 744. The molecular weight excluding hydrogens is 302 g/mol. The molecule has 4 aliphatic rings. The van der Waals surface area contributed by atoms with Crippen LogP contribution in [0.3, 0.4) is 0 Å². The maximum absolute atomic E-state index is 2.78. The molecule has 134 valence electrons. The molecule has 5 rings (SSSR count). The highest BCUT2D eigenvalue weighted by molar-refractivity contribution is 5.60. The molecule has 2 bridgehead atoms. The second kappa shape index (κ2) is 4.93. The summed E-state index contributed by atoms with van der Waals surface area (Å²) in [5.74, 6) is 3.64. The Morgan fingerprint density at radius 1 is 1.04 bits per heavy atom. The molecule has 3 fully saturated rings. The first kappa shape index (κ1) is 16.0. The minimum absolute atomic E-state index is 0.232. The number of para-hydroxylation sites is 1. The van der Waals surface area contributed by atoms with Crippen LogP contribution in [0.25, 0.3) is 0 Å². The molecule has 1 saturated heterocycles. The third-order valence-electron chi connectivity index (χ3n) is 8.31. The molecule has 0 aromatic heterocycles. The van der Waals surface area contributed by atoms with Crippen molar-refractivity contribution >= 4 is 5.69 Å². The van der Waals surface area contributed by atoms with Crippen molar-refractivity contribution in [2.24, 2.45) is 29.1 Å². The van der Waals surface area contributed by atoms with E-state index in [-0.39, 0.29) is 5.54 Å². The number of aryl methyl sites for hydroxylation is 1. The van der Waals surface area contributed by atoms with Crippen molar-refractivity contribution < 1.29 is 0 Å². The van der Waals surface area contributed by atoms with E-state index in [1.165, 1.54) is 36.9 Å². The summed E-state index contributed by atoms with van der Waals surface area (Å²) >= 11 is 0. The molecule has 1 heterocycles.